The molecule has 90 valence electrons. The lowest BCUT2D eigenvalue weighted by molar-refractivity contribution is -0.338. The lowest BCUT2D eigenvalue weighted by atomic mass is 9.90. The number of hydrogen-bond acceptors (Lipinski definition) is 3. The Hall–Kier alpha value is 0.170. The number of hydrogen-bond donors (Lipinski definition) is 0. The third-order valence-corrected chi connectivity index (χ3v) is 3.32. The van der Waals surface area contributed by atoms with Gasteiger partial charge >= 0.3 is 0 Å². The van der Waals surface area contributed by atoms with Crippen molar-refractivity contribution in [2.24, 2.45) is 5.92 Å². The van der Waals surface area contributed by atoms with E-state index in [4.69, 9.17) is 21.3 Å². The lowest BCUT2D eigenvalue weighted by Gasteiger charge is -2.27. The highest BCUT2D eigenvalue weighted by Crippen LogP contribution is 2.39. The molecule has 1 fully saturated rings. The van der Waals surface area contributed by atoms with Crippen LogP contribution in [-0.2, 0) is 9.68 Å². The molecule has 0 bridgehead atoms. The number of hydroxylamine groups is 2. The van der Waals surface area contributed by atoms with Crippen molar-refractivity contribution >= 4 is 11.6 Å². The zero-order chi connectivity index (χ0) is 11.9. The summed E-state index contributed by atoms with van der Waals surface area (Å²) >= 11 is 6.21. The van der Waals surface area contributed by atoms with Crippen molar-refractivity contribution in [2.75, 3.05) is 0 Å². The van der Waals surface area contributed by atoms with E-state index in [1.54, 1.807) is 0 Å². The van der Waals surface area contributed by atoms with Crippen molar-refractivity contribution in [1.29, 1.82) is 0 Å². The Labute approximate surface area is 97.6 Å². The molecule has 0 N–H and O–H groups in total. The summed E-state index contributed by atoms with van der Waals surface area (Å²) in [5, 5.41) is 1.45. The first kappa shape index (κ1) is 13.2. The van der Waals surface area contributed by atoms with Gasteiger partial charge in [-0.1, -0.05) is 13.8 Å². The molecule has 0 aromatic heterocycles. The van der Waals surface area contributed by atoms with E-state index >= 15 is 0 Å². The van der Waals surface area contributed by atoms with Crippen LogP contribution in [0.15, 0.2) is 0 Å². The SMILES string of the molecule is CC(C)CC(Cl)N1OC(C)(C)C(C)(C)O1. The van der Waals surface area contributed by atoms with E-state index in [-0.39, 0.29) is 16.7 Å². The zero-order valence-electron chi connectivity index (χ0n) is 10.5. The van der Waals surface area contributed by atoms with Crippen molar-refractivity contribution < 1.29 is 9.68 Å². The first-order valence-corrected chi connectivity index (χ1v) is 5.91. The molecule has 0 spiro atoms. The highest BCUT2D eigenvalue weighted by atomic mass is 35.5. The highest BCUT2D eigenvalue weighted by Gasteiger charge is 2.51. The van der Waals surface area contributed by atoms with Crippen molar-refractivity contribution in [1.82, 2.24) is 5.23 Å². The van der Waals surface area contributed by atoms with Crippen LogP contribution in [0.1, 0.15) is 48.0 Å². The molecule has 0 saturated carbocycles. The van der Waals surface area contributed by atoms with Crippen molar-refractivity contribution in [3.05, 3.63) is 0 Å². The van der Waals surface area contributed by atoms with Gasteiger partial charge in [0.25, 0.3) is 0 Å². The molecular formula is C11H22ClNO2. The monoisotopic (exact) mass is 235 g/mol. The lowest BCUT2D eigenvalue weighted by Crippen LogP contribution is -2.41. The summed E-state index contributed by atoms with van der Waals surface area (Å²) in [6, 6.07) is 0. The van der Waals surface area contributed by atoms with E-state index in [9.17, 15) is 0 Å². The summed E-state index contributed by atoms with van der Waals surface area (Å²) in [7, 11) is 0. The molecule has 1 unspecified atom stereocenters. The highest BCUT2D eigenvalue weighted by molar-refractivity contribution is 6.20. The molecule has 1 heterocycles. The molecule has 3 nitrogen and oxygen atoms in total. The Morgan fingerprint density at radius 3 is 1.80 bits per heavy atom. The quantitative estimate of drug-likeness (QED) is 0.553. The van der Waals surface area contributed by atoms with Gasteiger partial charge in [0, 0.05) is 0 Å². The minimum atomic E-state index is -0.350. The molecule has 4 heteroatoms. The van der Waals surface area contributed by atoms with Gasteiger partial charge in [-0.15, -0.1) is 11.6 Å². The van der Waals surface area contributed by atoms with Crippen LogP contribution in [0.2, 0.25) is 0 Å². The van der Waals surface area contributed by atoms with Crippen molar-refractivity contribution in [3.8, 4) is 0 Å². The molecule has 0 amide bonds. The first-order chi connectivity index (χ1) is 6.66. The smallest absolute Gasteiger partial charge is 0.137 e. The summed E-state index contributed by atoms with van der Waals surface area (Å²) in [4.78, 5) is 11.4. The second-order valence-electron chi connectivity index (χ2n) is 5.55. The second-order valence-corrected chi connectivity index (χ2v) is 6.06. The Kier molecular flexibility index (Phi) is 3.71. The summed E-state index contributed by atoms with van der Waals surface area (Å²) in [6.07, 6.45) is 0.841. The van der Waals surface area contributed by atoms with Crippen LogP contribution in [0.4, 0.5) is 0 Å². The van der Waals surface area contributed by atoms with E-state index in [0.29, 0.717) is 5.92 Å². The molecule has 1 aliphatic rings. The Balaban J connectivity index is 2.62. The third kappa shape index (κ3) is 2.84. The molecule has 1 saturated heterocycles. The van der Waals surface area contributed by atoms with Crippen molar-refractivity contribution in [2.45, 2.75) is 64.7 Å². The minimum absolute atomic E-state index is 0.231. The Morgan fingerprint density at radius 2 is 1.47 bits per heavy atom. The van der Waals surface area contributed by atoms with Crippen LogP contribution in [0.3, 0.4) is 0 Å². The van der Waals surface area contributed by atoms with E-state index in [0.717, 1.165) is 6.42 Å². The summed E-state index contributed by atoms with van der Waals surface area (Å²) < 4.78 is 0. The van der Waals surface area contributed by atoms with Gasteiger partial charge in [0.1, 0.15) is 16.7 Å². The zero-order valence-corrected chi connectivity index (χ0v) is 11.3. The summed E-state index contributed by atoms with van der Waals surface area (Å²) in [5.41, 5.74) is -0.931. The predicted octanol–water partition coefficient (Wildman–Crippen LogP) is 3.33. The minimum Gasteiger partial charge on any atom is -0.264 e. The number of rotatable bonds is 3. The van der Waals surface area contributed by atoms with Crippen LogP contribution in [0, 0.1) is 5.92 Å². The Bertz CT molecular complexity index is 213. The molecule has 1 rings (SSSR count). The van der Waals surface area contributed by atoms with Gasteiger partial charge in [-0.25, -0.2) is 0 Å². The maximum absolute atomic E-state index is 6.21. The fraction of sp³-hybridized carbons (Fsp3) is 1.00. The maximum Gasteiger partial charge on any atom is 0.137 e. The van der Waals surface area contributed by atoms with Crippen molar-refractivity contribution in [3.63, 3.8) is 0 Å². The largest absolute Gasteiger partial charge is 0.264 e. The number of alkyl halides is 1. The van der Waals surface area contributed by atoms with Gasteiger partial charge in [0.15, 0.2) is 0 Å². The van der Waals surface area contributed by atoms with E-state index in [2.05, 4.69) is 13.8 Å². The van der Waals surface area contributed by atoms with Crippen LogP contribution in [0.25, 0.3) is 0 Å². The molecule has 15 heavy (non-hydrogen) atoms. The Morgan fingerprint density at radius 1 is 1.07 bits per heavy atom. The average Bonchev–Trinajstić information content (AvgIpc) is 2.20. The van der Waals surface area contributed by atoms with Crippen LogP contribution >= 0.6 is 11.6 Å². The van der Waals surface area contributed by atoms with Gasteiger partial charge in [0.2, 0.25) is 0 Å². The topological polar surface area (TPSA) is 21.7 Å². The second kappa shape index (κ2) is 4.21. The predicted molar refractivity (Wildman–Crippen MR) is 61.3 cm³/mol. The van der Waals surface area contributed by atoms with Gasteiger partial charge in [-0.05, 0) is 45.3 Å². The molecule has 0 aromatic rings. The van der Waals surface area contributed by atoms with Gasteiger partial charge in [0.05, 0.1) is 0 Å². The van der Waals surface area contributed by atoms with Crippen LogP contribution in [0.5, 0.6) is 0 Å². The fourth-order valence-corrected chi connectivity index (χ4v) is 1.71. The number of nitrogens with zero attached hydrogens (tertiary/aromatic N) is 1. The van der Waals surface area contributed by atoms with Gasteiger partial charge in [-0.2, -0.15) is 0 Å². The molecule has 1 atom stereocenters. The van der Waals surface area contributed by atoms with Crippen LogP contribution < -0.4 is 0 Å². The van der Waals surface area contributed by atoms with E-state index < -0.39 is 0 Å². The summed E-state index contributed by atoms with van der Waals surface area (Å²) in [6.45, 7) is 12.3. The van der Waals surface area contributed by atoms with E-state index in [1.807, 2.05) is 27.7 Å². The fourth-order valence-electron chi connectivity index (χ4n) is 1.28. The van der Waals surface area contributed by atoms with E-state index in [1.165, 1.54) is 5.23 Å². The standard InChI is InChI=1S/C11H22ClNO2/c1-8(2)7-9(12)13-14-10(3,4)11(5,6)15-13/h8-9H,7H2,1-6H3. The van der Waals surface area contributed by atoms with Gasteiger partial charge < -0.3 is 0 Å². The summed E-state index contributed by atoms with van der Waals surface area (Å²) in [5.74, 6) is 0.520. The molecule has 0 aromatic carbocycles. The van der Waals surface area contributed by atoms with Crippen LogP contribution in [-0.4, -0.2) is 21.9 Å². The maximum atomic E-state index is 6.21. The molecule has 0 radical (unpaired) electrons. The average molecular weight is 236 g/mol. The van der Waals surface area contributed by atoms with Gasteiger partial charge in [-0.3, -0.25) is 9.68 Å². The normalized spacial score (nSPS) is 27.2. The molecular weight excluding hydrogens is 214 g/mol. The molecule has 0 aliphatic carbocycles. The number of halogens is 1. The molecule has 1 aliphatic heterocycles. The third-order valence-electron chi connectivity index (χ3n) is 2.98. The first-order valence-electron chi connectivity index (χ1n) is 5.47.